The number of hydrogen-bond acceptors (Lipinski definition) is 7. The third kappa shape index (κ3) is 4.26. The molecule has 188 valence electrons. The number of hydrogen-bond donors (Lipinski definition) is 1. The first-order valence-corrected chi connectivity index (χ1v) is 12.2. The Bertz CT molecular complexity index is 1240. The van der Waals surface area contributed by atoms with Crippen LogP contribution < -0.4 is 14.2 Å². The van der Waals surface area contributed by atoms with E-state index in [0.717, 1.165) is 35.1 Å². The van der Waals surface area contributed by atoms with Crippen LogP contribution in [0.25, 0.3) is 11.1 Å². The molecular weight excluding hydrogens is 458 g/mol. The predicted octanol–water partition coefficient (Wildman–Crippen LogP) is 4.49. The van der Waals surface area contributed by atoms with Crippen molar-refractivity contribution in [3.63, 3.8) is 0 Å². The fourth-order valence-electron chi connectivity index (χ4n) is 5.46. The number of nitrogens with zero attached hydrogens (tertiary/aromatic N) is 3. The largest absolute Gasteiger partial charge is 0.481 e. The minimum absolute atomic E-state index is 0.146. The maximum absolute atomic E-state index is 12.1. The molecule has 3 aromatic rings. The van der Waals surface area contributed by atoms with Gasteiger partial charge in [0.2, 0.25) is 11.8 Å². The van der Waals surface area contributed by atoms with Crippen molar-refractivity contribution in [1.82, 2.24) is 14.9 Å². The van der Waals surface area contributed by atoms with Crippen molar-refractivity contribution in [1.29, 1.82) is 0 Å². The molecule has 1 aliphatic heterocycles. The Morgan fingerprint density at radius 1 is 1.08 bits per heavy atom. The highest BCUT2D eigenvalue weighted by molar-refractivity contribution is 5.83. The Morgan fingerprint density at radius 2 is 1.81 bits per heavy atom. The standard InChI is InChI=1S/C28H31N3O5/c1-18-20(11-7-13-22(18)19-9-5-4-6-10-19)17-36-27-29-24(34-2)23(25(30-27)35-3)16-31-14-8-12-21-15-28(21,31)26(32)33/h4-7,9-11,13,21H,8,12,14-17H2,1-3H3,(H,32,33)/t21-,28+/m0/s1. The lowest BCUT2D eigenvalue weighted by molar-refractivity contribution is -0.147. The lowest BCUT2D eigenvalue weighted by atomic mass is 9.97. The van der Waals surface area contributed by atoms with Gasteiger partial charge in [-0.15, -0.1) is 0 Å². The van der Waals surface area contributed by atoms with Crippen LogP contribution in [0.5, 0.6) is 17.8 Å². The second kappa shape index (κ2) is 9.78. The molecule has 1 saturated heterocycles. The Labute approximate surface area is 210 Å². The van der Waals surface area contributed by atoms with Gasteiger partial charge in [-0.2, -0.15) is 9.97 Å². The molecule has 8 heteroatoms. The number of likely N-dealkylation sites (tertiary alicyclic amines) is 1. The van der Waals surface area contributed by atoms with Gasteiger partial charge in [0.15, 0.2) is 0 Å². The predicted molar refractivity (Wildman–Crippen MR) is 134 cm³/mol. The molecule has 36 heavy (non-hydrogen) atoms. The topological polar surface area (TPSA) is 94.0 Å². The third-order valence-electron chi connectivity index (χ3n) is 7.52. The molecule has 1 saturated carbocycles. The van der Waals surface area contributed by atoms with E-state index < -0.39 is 11.5 Å². The molecular formula is C28H31N3O5. The number of carbonyl (C=O) groups is 1. The summed E-state index contributed by atoms with van der Waals surface area (Å²) in [6.45, 7) is 3.40. The van der Waals surface area contributed by atoms with Gasteiger partial charge in [-0.05, 0) is 60.9 Å². The third-order valence-corrected chi connectivity index (χ3v) is 7.52. The molecule has 0 spiro atoms. The lowest BCUT2D eigenvalue weighted by Crippen LogP contribution is -2.47. The van der Waals surface area contributed by atoms with Gasteiger partial charge in [0.05, 0.1) is 19.8 Å². The van der Waals surface area contributed by atoms with Crippen LogP contribution in [0.15, 0.2) is 48.5 Å². The van der Waals surface area contributed by atoms with Crippen molar-refractivity contribution < 1.29 is 24.1 Å². The van der Waals surface area contributed by atoms with Crippen LogP contribution in [0.4, 0.5) is 0 Å². The SMILES string of the molecule is COc1nc(OCc2cccc(-c3ccccc3)c2C)nc(OC)c1CN1CCC[C@H]2C[C@]21C(=O)O. The van der Waals surface area contributed by atoms with Crippen LogP contribution in [0.3, 0.4) is 0 Å². The van der Waals surface area contributed by atoms with E-state index >= 15 is 0 Å². The van der Waals surface area contributed by atoms with Crippen LogP contribution >= 0.6 is 0 Å². The lowest BCUT2D eigenvalue weighted by Gasteiger charge is -2.33. The normalized spacial score (nSPS) is 20.9. The highest BCUT2D eigenvalue weighted by Gasteiger charge is 2.65. The summed E-state index contributed by atoms with van der Waals surface area (Å²) >= 11 is 0. The zero-order valence-electron chi connectivity index (χ0n) is 20.9. The van der Waals surface area contributed by atoms with Crippen molar-refractivity contribution in [3.8, 4) is 28.9 Å². The first-order chi connectivity index (χ1) is 17.5. The first kappa shape index (κ1) is 24.1. The fraction of sp³-hybridized carbons (Fsp3) is 0.393. The highest BCUT2D eigenvalue weighted by atomic mass is 16.5. The average molecular weight is 490 g/mol. The molecule has 1 N–H and O–H groups in total. The van der Waals surface area contributed by atoms with Crippen molar-refractivity contribution in [2.45, 2.75) is 44.9 Å². The first-order valence-electron chi connectivity index (χ1n) is 12.2. The van der Waals surface area contributed by atoms with Gasteiger partial charge in [0.25, 0.3) is 0 Å². The van der Waals surface area contributed by atoms with E-state index in [1.54, 1.807) is 0 Å². The van der Waals surface area contributed by atoms with E-state index in [-0.39, 0.29) is 18.5 Å². The van der Waals surface area contributed by atoms with Gasteiger partial charge in [-0.1, -0.05) is 48.5 Å². The van der Waals surface area contributed by atoms with Crippen molar-refractivity contribution in [2.24, 2.45) is 5.92 Å². The molecule has 2 atom stereocenters. The van der Waals surface area contributed by atoms with E-state index in [0.29, 0.717) is 36.8 Å². The Balaban J connectivity index is 1.37. The van der Waals surface area contributed by atoms with Gasteiger partial charge in [-0.3, -0.25) is 9.69 Å². The minimum atomic E-state index is -0.801. The van der Waals surface area contributed by atoms with Crippen molar-refractivity contribution >= 4 is 5.97 Å². The van der Waals surface area contributed by atoms with Crippen LogP contribution in [0, 0.1) is 12.8 Å². The molecule has 1 aromatic heterocycles. The molecule has 5 rings (SSSR count). The number of rotatable bonds is 9. The second-order valence-electron chi connectivity index (χ2n) is 9.44. The monoisotopic (exact) mass is 489 g/mol. The van der Waals surface area contributed by atoms with Gasteiger partial charge in [0, 0.05) is 6.54 Å². The summed E-state index contributed by atoms with van der Waals surface area (Å²) in [5, 5.41) is 9.92. The number of fused-ring (bicyclic) bond motifs is 1. The van der Waals surface area contributed by atoms with E-state index in [1.165, 1.54) is 14.2 Å². The van der Waals surface area contributed by atoms with Crippen LogP contribution in [0.1, 0.15) is 36.0 Å². The van der Waals surface area contributed by atoms with E-state index in [2.05, 4.69) is 35.1 Å². The molecule has 2 fully saturated rings. The molecule has 0 radical (unpaired) electrons. The molecule has 2 aromatic carbocycles. The summed E-state index contributed by atoms with van der Waals surface area (Å²) in [6, 6.07) is 16.5. The number of benzene rings is 2. The molecule has 1 aliphatic carbocycles. The van der Waals surface area contributed by atoms with E-state index in [9.17, 15) is 9.90 Å². The fourth-order valence-corrected chi connectivity index (χ4v) is 5.46. The minimum Gasteiger partial charge on any atom is -0.481 e. The number of ether oxygens (including phenoxy) is 3. The smallest absolute Gasteiger partial charge is 0.324 e. The van der Waals surface area contributed by atoms with Gasteiger partial charge >= 0.3 is 12.0 Å². The maximum atomic E-state index is 12.1. The van der Waals surface area contributed by atoms with Crippen LogP contribution in [-0.2, 0) is 17.9 Å². The molecule has 0 unspecified atom stereocenters. The van der Waals surface area contributed by atoms with E-state index in [4.69, 9.17) is 14.2 Å². The zero-order chi connectivity index (χ0) is 25.3. The zero-order valence-corrected chi connectivity index (χ0v) is 20.9. The number of methoxy groups -OCH3 is 2. The number of carboxylic acids is 1. The summed E-state index contributed by atoms with van der Waals surface area (Å²) in [6.07, 6.45) is 2.59. The molecule has 8 nitrogen and oxygen atoms in total. The molecule has 2 aliphatic rings. The summed E-state index contributed by atoms with van der Waals surface area (Å²) in [5.41, 5.74) is 4.28. The van der Waals surface area contributed by atoms with E-state index in [1.807, 2.05) is 35.2 Å². The number of aromatic nitrogens is 2. The summed E-state index contributed by atoms with van der Waals surface area (Å²) < 4.78 is 17.2. The number of aliphatic carboxylic acids is 1. The summed E-state index contributed by atoms with van der Waals surface area (Å²) in [7, 11) is 3.07. The molecule has 0 bridgehead atoms. The van der Waals surface area contributed by atoms with Crippen LogP contribution in [0.2, 0.25) is 0 Å². The Morgan fingerprint density at radius 3 is 2.47 bits per heavy atom. The van der Waals surface area contributed by atoms with Crippen LogP contribution in [-0.4, -0.2) is 52.2 Å². The second-order valence-corrected chi connectivity index (χ2v) is 9.44. The van der Waals surface area contributed by atoms with Gasteiger partial charge < -0.3 is 19.3 Å². The Kier molecular flexibility index (Phi) is 6.53. The average Bonchev–Trinajstić information content (AvgIpc) is 3.66. The number of carboxylic acid groups (broad SMARTS) is 1. The van der Waals surface area contributed by atoms with Gasteiger partial charge in [0.1, 0.15) is 12.1 Å². The number of piperidine rings is 1. The summed E-state index contributed by atoms with van der Waals surface area (Å²) in [4.78, 5) is 23.1. The summed E-state index contributed by atoms with van der Waals surface area (Å²) in [5.74, 6) is 0.0862. The van der Waals surface area contributed by atoms with Gasteiger partial charge in [-0.25, -0.2) is 0 Å². The van der Waals surface area contributed by atoms with Crippen molar-refractivity contribution in [3.05, 3.63) is 65.2 Å². The maximum Gasteiger partial charge on any atom is 0.324 e. The Hall–Kier alpha value is -3.65. The van der Waals surface area contributed by atoms with Crippen molar-refractivity contribution in [2.75, 3.05) is 20.8 Å². The molecule has 0 amide bonds. The highest BCUT2D eigenvalue weighted by Crippen LogP contribution is 2.55. The molecule has 2 heterocycles. The quantitative estimate of drug-likeness (QED) is 0.470.